The van der Waals surface area contributed by atoms with Crippen LogP contribution in [0.25, 0.3) is 0 Å². The minimum absolute atomic E-state index is 0.0296. The lowest BCUT2D eigenvalue weighted by Gasteiger charge is -2.13. The van der Waals surface area contributed by atoms with Crippen LogP contribution in [0.2, 0.25) is 5.02 Å². The Labute approximate surface area is 159 Å². The number of nitro groups is 1. The summed E-state index contributed by atoms with van der Waals surface area (Å²) in [4.78, 5) is 22.5. The highest BCUT2D eigenvalue weighted by Crippen LogP contribution is 2.36. The van der Waals surface area contributed by atoms with E-state index in [0.29, 0.717) is 22.2 Å². The summed E-state index contributed by atoms with van der Waals surface area (Å²) in [5.41, 5.74) is 0.154. The fourth-order valence-corrected chi connectivity index (χ4v) is 2.42. The molecule has 9 nitrogen and oxygen atoms in total. The molecule has 0 aromatic heterocycles. The van der Waals surface area contributed by atoms with Crippen molar-refractivity contribution in [1.29, 1.82) is 0 Å². The molecule has 0 saturated heterocycles. The number of methoxy groups -OCH3 is 3. The molecule has 2 aromatic carbocycles. The van der Waals surface area contributed by atoms with Gasteiger partial charge in [-0.2, -0.15) is 0 Å². The van der Waals surface area contributed by atoms with E-state index in [0.717, 1.165) is 0 Å². The van der Waals surface area contributed by atoms with Crippen LogP contribution in [-0.4, -0.2) is 38.8 Å². The van der Waals surface area contributed by atoms with Gasteiger partial charge in [0, 0.05) is 24.3 Å². The van der Waals surface area contributed by atoms with Gasteiger partial charge in [0.15, 0.2) is 6.61 Å². The molecule has 1 amide bonds. The van der Waals surface area contributed by atoms with Crippen molar-refractivity contribution < 1.29 is 28.7 Å². The highest BCUT2D eigenvalue weighted by atomic mass is 35.5. The number of carbonyl (C=O) groups excluding carboxylic acids is 1. The third-order valence-electron chi connectivity index (χ3n) is 3.47. The number of carbonyl (C=O) groups is 1. The first kappa shape index (κ1) is 20.1. The van der Waals surface area contributed by atoms with Gasteiger partial charge in [0.2, 0.25) is 5.75 Å². The minimum Gasteiger partial charge on any atom is -0.495 e. The molecule has 0 aliphatic carbocycles. The van der Waals surface area contributed by atoms with Crippen molar-refractivity contribution in [2.24, 2.45) is 0 Å². The van der Waals surface area contributed by atoms with Crippen LogP contribution in [0.3, 0.4) is 0 Å². The number of halogens is 1. The van der Waals surface area contributed by atoms with E-state index in [2.05, 4.69) is 5.32 Å². The number of nitrogens with one attached hydrogen (secondary N) is 1. The molecule has 2 aromatic rings. The van der Waals surface area contributed by atoms with E-state index >= 15 is 0 Å². The summed E-state index contributed by atoms with van der Waals surface area (Å²) in [6, 6.07) is 6.97. The average Bonchev–Trinajstić information content (AvgIpc) is 2.66. The van der Waals surface area contributed by atoms with Crippen LogP contribution < -0.4 is 24.3 Å². The zero-order valence-electron chi connectivity index (χ0n) is 14.8. The van der Waals surface area contributed by atoms with Crippen LogP contribution in [0.5, 0.6) is 23.0 Å². The van der Waals surface area contributed by atoms with Crippen molar-refractivity contribution in [3.8, 4) is 23.0 Å². The molecule has 0 atom stereocenters. The molecule has 0 aliphatic rings. The molecule has 0 heterocycles. The fourth-order valence-electron chi connectivity index (χ4n) is 2.19. The Kier molecular flexibility index (Phi) is 6.67. The summed E-state index contributed by atoms with van der Waals surface area (Å²) in [5, 5.41) is 13.8. The van der Waals surface area contributed by atoms with Crippen molar-refractivity contribution in [3.05, 3.63) is 45.5 Å². The number of nitrogens with zero attached hydrogens (tertiary/aromatic N) is 1. The SMILES string of the molecule is COc1cc(NC(=O)COc2ccc([N+](=O)[O-])c(OC)c2)c(OC)cc1Cl. The molecule has 0 fully saturated rings. The van der Waals surface area contributed by atoms with Crippen molar-refractivity contribution in [2.45, 2.75) is 0 Å². The van der Waals surface area contributed by atoms with Crippen LogP contribution in [0, 0.1) is 10.1 Å². The molecule has 0 bridgehead atoms. The summed E-state index contributed by atoms with van der Waals surface area (Å²) < 4.78 is 20.6. The van der Waals surface area contributed by atoms with Crippen LogP contribution in [-0.2, 0) is 4.79 Å². The Morgan fingerprint density at radius 2 is 1.74 bits per heavy atom. The van der Waals surface area contributed by atoms with Gasteiger partial charge in [-0.3, -0.25) is 14.9 Å². The number of benzene rings is 2. The van der Waals surface area contributed by atoms with E-state index in [1.165, 1.54) is 51.7 Å². The first-order valence-electron chi connectivity index (χ1n) is 7.56. The van der Waals surface area contributed by atoms with Gasteiger partial charge < -0.3 is 24.3 Å². The van der Waals surface area contributed by atoms with E-state index < -0.39 is 10.8 Å². The van der Waals surface area contributed by atoms with Gasteiger partial charge in [-0.25, -0.2) is 0 Å². The van der Waals surface area contributed by atoms with Crippen molar-refractivity contribution in [2.75, 3.05) is 33.3 Å². The lowest BCUT2D eigenvalue weighted by Crippen LogP contribution is -2.20. The summed E-state index contributed by atoms with van der Waals surface area (Å²) in [5.74, 6) is 0.519. The largest absolute Gasteiger partial charge is 0.495 e. The quantitative estimate of drug-likeness (QED) is 0.538. The van der Waals surface area contributed by atoms with Crippen LogP contribution in [0.1, 0.15) is 0 Å². The molecule has 27 heavy (non-hydrogen) atoms. The summed E-state index contributed by atoms with van der Waals surface area (Å²) in [7, 11) is 4.19. The monoisotopic (exact) mass is 396 g/mol. The Balaban J connectivity index is 2.08. The van der Waals surface area contributed by atoms with Crippen molar-refractivity contribution >= 4 is 28.9 Å². The first-order chi connectivity index (χ1) is 12.9. The Hall–Kier alpha value is -3.20. The Morgan fingerprint density at radius 1 is 1.07 bits per heavy atom. The Morgan fingerprint density at radius 3 is 2.33 bits per heavy atom. The van der Waals surface area contributed by atoms with Gasteiger partial charge in [-0.15, -0.1) is 0 Å². The van der Waals surface area contributed by atoms with E-state index in [1.807, 2.05) is 0 Å². The van der Waals surface area contributed by atoms with Gasteiger partial charge >= 0.3 is 5.69 Å². The maximum atomic E-state index is 12.2. The molecule has 0 spiro atoms. The van der Waals surface area contributed by atoms with Gasteiger partial charge in [0.25, 0.3) is 5.91 Å². The van der Waals surface area contributed by atoms with E-state index in [4.69, 9.17) is 30.5 Å². The van der Waals surface area contributed by atoms with Gasteiger partial charge in [0.05, 0.1) is 37.0 Å². The molecular formula is C17H17ClN2O7. The van der Waals surface area contributed by atoms with Crippen LogP contribution >= 0.6 is 11.6 Å². The molecule has 0 saturated carbocycles. The fraction of sp³-hybridized carbons (Fsp3) is 0.235. The maximum absolute atomic E-state index is 12.2. The molecule has 2 rings (SSSR count). The molecule has 0 unspecified atom stereocenters. The second-order valence-electron chi connectivity index (χ2n) is 5.11. The molecule has 144 valence electrons. The second-order valence-corrected chi connectivity index (χ2v) is 5.52. The molecule has 10 heteroatoms. The molecule has 1 N–H and O–H groups in total. The normalized spacial score (nSPS) is 10.1. The number of hydrogen-bond acceptors (Lipinski definition) is 7. The third-order valence-corrected chi connectivity index (χ3v) is 3.76. The molecule has 0 radical (unpaired) electrons. The Bertz CT molecular complexity index is 857. The average molecular weight is 397 g/mol. The molecule has 0 aliphatic heterocycles. The van der Waals surface area contributed by atoms with Crippen LogP contribution in [0.4, 0.5) is 11.4 Å². The highest BCUT2D eigenvalue weighted by molar-refractivity contribution is 6.32. The smallest absolute Gasteiger partial charge is 0.311 e. The van der Waals surface area contributed by atoms with Crippen LogP contribution in [0.15, 0.2) is 30.3 Å². The van der Waals surface area contributed by atoms with Gasteiger partial charge in [0.1, 0.15) is 17.2 Å². The number of nitro benzene ring substituents is 1. The summed E-state index contributed by atoms with van der Waals surface area (Å²) in [6.07, 6.45) is 0. The maximum Gasteiger partial charge on any atom is 0.311 e. The zero-order valence-corrected chi connectivity index (χ0v) is 15.5. The topological polar surface area (TPSA) is 109 Å². The predicted octanol–water partition coefficient (Wildman–Crippen LogP) is 3.29. The lowest BCUT2D eigenvalue weighted by atomic mass is 10.2. The van der Waals surface area contributed by atoms with Crippen molar-refractivity contribution in [1.82, 2.24) is 0 Å². The zero-order chi connectivity index (χ0) is 20.0. The first-order valence-corrected chi connectivity index (χ1v) is 7.94. The number of amides is 1. The van der Waals surface area contributed by atoms with Crippen molar-refractivity contribution in [3.63, 3.8) is 0 Å². The molecular weight excluding hydrogens is 380 g/mol. The van der Waals surface area contributed by atoms with Gasteiger partial charge in [-0.05, 0) is 6.07 Å². The second kappa shape index (κ2) is 8.95. The lowest BCUT2D eigenvalue weighted by molar-refractivity contribution is -0.385. The number of hydrogen-bond donors (Lipinski definition) is 1. The standard InChI is InChI=1S/C17H17ClN2O7/c1-24-14-8-12(15(25-2)7-11(14)18)19-17(21)9-27-10-4-5-13(20(22)23)16(6-10)26-3/h4-8H,9H2,1-3H3,(H,19,21). The highest BCUT2D eigenvalue weighted by Gasteiger charge is 2.16. The van der Waals surface area contributed by atoms with E-state index in [-0.39, 0.29) is 23.8 Å². The number of anilines is 1. The van der Waals surface area contributed by atoms with E-state index in [9.17, 15) is 14.9 Å². The minimum atomic E-state index is -0.574. The third kappa shape index (κ3) is 4.91. The number of ether oxygens (including phenoxy) is 4. The summed E-state index contributed by atoms with van der Waals surface area (Å²) in [6.45, 7) is -0.338. The van der Waals surface area contributed by atoms with E-state index in [1.54, 1.807) is 0 Å². The summed E-state index contributed by atoms with van der Waals surface area (Å²) >= 11 is 6.02. The van der Waals surface area contributed by atoms with Gasteiger partial charge in [-0.1, -0.05) is 11.6 Å². The number of rotatable bonds is 8. The predicted molar refractivity (Wildman–Crippen MR) is 98.3 cm³/mol.